The summed E-state index contributed by atoms with van der Waals surface area (Å²) in [5.41, 5.74) is 5.31. The Labute approximate surface area is 251 Å². The van der Waals surface area contributed by atoms with Crippen molar-refractivity contribution in [3.63, 3.8) is 0 Å². The van der Waals surface area contributed by atoms with E-state index in [4.69, 9.17) is 9.41 Å². The standard InChI is InChI=1S/C34H46N4O3Si/c1-34(2,3)42(5,6)41-27-16-14-26(15-17-27)38-19-18-37(22-30(38)39)33(40)32-35-31-28(24-10-8-7-9-11-24)20-25(23-12-13-23)21-29(31)36(32)4/h7-11,20-21,23,26-27H,12-19,22H2,1-6H3/t26-,27-. The van der Waals surface area contributed by atoms with Gasteiger partial charge in [0.1, 0.15) is 6.54 Å². The number of rotatable bonds is 6. The van der Waals surface area contributed by atoms with E-state index in [0.29, 0.717) is 30.9 Å². The fourth-order valence-corrected chi connectivity index (χ4v) is 7.87. The van der Waals surface area contributed by atoms with Crippen molar-refractivity contribution >= 4 is 31.2 Å². The molecule has 0 atom stereocenters. The zero-order chi connectivity index (χ0) is 29.8. The number of hydrogen-bond donors (Lipinski definition) is 0. The molecule has 3 aromatic rings. The van der Waals surface area contributed by atoms with E-state index in [9.17, 15) is 9.59 Å². The summed E-state index contributed by atoms with van der Waals surface area (Å²) in [5, 5.41) is 0.199. The van der Waals surface area contributed by atoms with E-state index < -0.39 is 8.32 Å². The van der Waals surface area contributed by atoms with Gasteiger partial charge in [0.15, 0.2) is 14.1 Å². The first-order valence-corrected chi connectivity index (χ1v) is 18.7. The van der Waals surface area contributed by atoms with Crippen LogP contribution in [0.3, 0.4) is 0 Å². The molecular weight excluding hydrogens is 540 g/mol. The molecule has 7 nitrogen and oxygen atoms in total. The van der Waals surface area contributed by atoms with E-state index in [1.807, 2.05) is 34.7 Å². The minimum absolute atomic E-state index is 0.0446. The number of aromatic nitrogens is 2. The smallest absolute Gasteiger partial charge is 0.290 e. The second-order valence-electron chi connectivity index (χ2n) is 14.2. The molecule has 3 fully saturated rings. The monoisotopic (exact) mass is 586 g/mol. The maximum absolute atomic E-state index is 13.8. The summed E-state index contributed by atoms with van der Waals surface area (Å²) in [6.45, 7) is 12.7. The number of fused-ring (bicyclic) bond motifs is 1. The molecule has 2 heterocycles. The van der Waals surface area contributed by atoms with Crippen LogP contribution in [-0.2, 0) is 16.3 Å². The Bertz CT molecular complexity index is 1480. The molecule has 224 valence electrons. The van der Waals surface area contributed by atoms with Crippen LogP contribution in [0.15, 0.2) is 42.5 Å². The Kier molecular flexibility index (Phi) is 7.58. The fourth-order valence-electron chi connectivity index (χ4n) is 6.45. The van der Waals surface area contributed by atoms with E-state index in [0.717, 1.165) is 47.8 Å². The third-order valence-electron chi connectivity index (χ3n) is 10.2. The lowest BCUT2D eigenvalue weighted by molar-refractivity contribution is -0.138. The van der Waals surface area contributed by atoms with Gasteiger partial charge in [0, 0.05) is 37.8 Å². The fraction of sp³-hybridized carbons (Fsp3) is 0.559. The quantitative estimate of drug-likeness (QED) is 0.300. The van der Waals surface area contributed by atoms with Crippen LogP contribution >= 0.6 is 0 Å². The van der Waals surface area contributed by atoms with E-state index in [1.165, 1.54) is 18.4 Å². The molecule has 0 N–H and O–H groups in total. The molecule has 8 heteroatoms. The number of benzene rings is 2. The highest BCUT2D eigenvalue weighted by Crippen LogP contribution is 2.43. The lowest BCUT2D eigenvalue weighted by atomic mass is 9.91. The Hall–Kier alpha value is -2.97. The highest BCUT2D eigenvalue weighted by molar-refractivity contribution is 6.74. The molecule has 0 radical (unpaired) electrons. The molecule has 0 unspecified atom stereocenters. The molecule has 1 saturated heterocycles. The van der Waals surface area contributed by atoms with Crippen molar-refractivity contribution < 1.29 is 14.0 Å². The molecule has 42 heavy (non-hydrogen) atoms. The zero-order valence-electron chi connectivity index (χ0n) is 26.2. The summed E-state index contributed by atoms with van der Waals surface area (Å²) in [4.78, 5) is 35.8. The molecule has 6 rings (SSSR count). The lowest BCUT2D eigenvalue weighted by Gasteiger charge is -2.44. The molecule has 1 aliphatic heterocycles. The Morgan fingerprint density at radius 3 is 2.29 bits per heavy atom. The SMILES string of the molecule is Cn1c(C(=O)N2CCN([C@H]3CC[C@H](O[Si](C)(C)C(C)(C)C)CC3)C(=O)C2)nc2c(-c3ccccc3)cc(C3CC3)cc21. The number of amides is 2. The molecule has 1 aromatic heterocycles. The van der Waals surface area contributed by atoms with E-state index in [-0.39, 0.29) is 29.4 Å². The number of imidazole rings is 1. The number of carbonyl (C=O) groups is 2. The van der Waals surface area contributed by atoms with Gasteiger partial charge in [-0.25, -0.2) is 4.98 Å². The molecule has 2 saturated carbocycles. The van der Waals surface area contributed by atoms with Gasteiger partial charge in [-0.3, -0.25) is 9.59 Å². The second kappa shape index (κ2) is 10.9. The van der Waals surface area contributed by atoms with Crippen LogP contribution in [0.2, 0.25) is 18.1 Å². The van der Waals surface area contributed by atoms with Crippen molar-refractivity contribution in [3.8, 4) is 11.1 Å². The van der Waals surface area contributed by atoms with Crippen molar-refractivity contribution in [2.24, 2.45) is 7.05 Å². The lowest BCUT2D eigenvalue weighted by Crippen LogP contribution is -2.56. The van der Waals surface area contributed by atoms with E-state index in [2.05, 4.69) is 58.1 Å². The number of piperazine rings is 1. The molecule has 0 spiro atoms. The largest absolute Gasteiger partial charge is 0.414 e. The number of carbonyl (C=O) groups excluding carboxylic acids is 2. The molecule has 0 bridgehead atoms. The third-order valence-corrected chi connectivity index (χ3v) is 14.8. The summed E-state index contributed by atoms with van der Waals surface area (Å²) in [6, 6.07) is 15.0. The molecule has 3 aliphatic rings. The first-order valence-electron chi connectivity index (χ1n) is 15.8. The van der Waals surface area contributed by atoms with Gasteiger partial charge in [0.05, 0.1) is 11.0 Å². The molecule has 2 amide bonds. The van der Waals surface area contributed by atoms with Crippen molar-refractivity contribution in [2.75, 3.05) is 19.6 Å². The van der Waals surface area contributed by atoms with Crippen LogP contribution in [0.1, 0.15) is 81.4 Å². The van der Waals surface area contributed by atoms with Crippen molar-refractivity contribution in [1.29, 1.82) is 0 Å². The first-order chi connectivity index (χ1) is 19.9. The van der Waals surface area contributed by atoms with Crippen LogP contribution in [-0.4, -0.2) is 71.3 Å². The summed E-state index contributed by atoms with van der Waals surface area (Å²) < 4.78 is 8.60. The molecule has 2 aromatic carbocycles. The van der Waals surface area contributed by atoms with Gasteiger partial charge in [-0.1, -0.05) is 51.1 Å². The van der Waals surface area contributed by atoms with E-state index >= 15 is 0 Å². The number of aryl methyl sites for hydroxylation is 1. The van der Waals surface area contributed by atoms with Gasteiger partial charge in [-0.2, -0.15) is 0 Å². The summed E-state index contributed by atoms with van der Waals surface area (Å²) in [6.07, 6.45) is 6.64. The average Bonchev–Trinajstić information content (AvgIpc) is 3.76. The minimum atomic E-state index is -1.80. The highest BCUT2D eigenvalue weighted by Gasteiger charge is 2.41. The van der Waals surface area contributed by atoms with Gasteiger partial charge < -0.3 is 18.8 Å². The van der Waals surface area contributed by atoms with Gasteiger partial charge >= 0.3 is 0 Å². The predicted octanol–water partition coefficient (Wildman–Crippen LogP) is 6.74. The zero-order valence-corrected chi connectivity index (χ0v) is 27.2. The Balaban J connectivity index is 1.15. The Morgan fingerprint density at radius 1 is 0.976 bits per heavy atom. The Morgan fingerprint density at radius 2 is 1.67 bits per heavy atom. The third kappa shape index (κ3) is 5.55. The average molecular weight is 587 g/mol. The van der Waals surface area contributed by atoms with Crippen LogP contribution in [0.5, 0.6) is 0 Å². The normalized spacial score (nSPS) is 22.2. The predicted molar refractivity (Wildman–Crippen MR) is 170 cm³/mol. The van der Waals surface area contributed by atoms with Crippen LogP contribution in [0.4, 0.5) is 0 Å². The van der Waals surface area contributed by atoms with Crippen LogP contribution < -0.4 is 0 Å². The summed E-state index contributed by atoms with van der Waals surface area (Å²) in [7, 11) is 0.127. The molecular formula is C34H46N4O3Si. The van der Waals surface area contributed by atoms with Crippen molar-refractivity contribution in [3.05, 3.63) is 53.9 Å². The maximum Gasteiger partial charge on any atom is 0.290 e. The van der Waals surface area contributed by atoms with Crippen molar-refractivity contribution in [1.82, 2.24) is 19.4 Å². The van der Waals surface area contributed by atoms with Crippen LogP contribution in [0.25, 0.3) is 22.2 Å². The van der Waals surface area contributed by atoms with Gasteiger partial charge in [-0.05, 0) is 85.8 Å². The number of hydrogen-bond acceptors (Lipinski definition) is 4. The summed E-state index contributed by atoms with van der Waals surface area (Å²) in [5.74, 6) is 0.869. The van der Waals surface area contributed by atoms with Gasteiger partial charge in [0.25, 0.3) is 5.91 Å². The maximum atomic E-state index is 13.8. The van der Waals surface area contributed by atoms with Gasteiger partial charge in [-0.15, -0.1) is 0 Å². The molecule has 2 aliphatic carbocycles. The van der Waals surface area contributed by atoms with Gasteiger partial charge in [0.2, 0.25) is 5.91 Å². The topological polar surface area (TPSA) is 67.7 Å². The van der Waals surface area contributed by atoms with Crippen molar-refractivity contribution in [2.45, 2.75) is 95.5 Å². The summed E-state index contributed by atoms with van der Waals surface area (Å²) >= 11 is 0. The second-order valence-corrected chi connectivity index (χ2v) is 18.9. The van der Waals surface area contributed by atoms with Crippen LogP contribution in [0, 0.1) is 0 Å². The van der Waals surface area contributed by atoms with E-state index in [1.54, 1.807) is 4.90 Å². The first kappa shape index (κ1) is 29.1. The number of nitrogens with zero attached hydrogens (tertiary/aromatic N) is 4. The minimum Gasteiger partial charge on any atom is -0.414 e. The highest BCUT2D eigenvalue weighted by atomic mass is 28.4.